The van der Waals surface area contributed by atoms with Crippen LogP contribution in [-0.4, -0.2) is 21.8 Å². The van der Waals surface area contributed by atoms with Gasteiger partial charge in [0.15, 0.2) is 5.13 Å². The van der Waals surface area contributed by atoms with Crippen LogP contribution in [0.15, 0.2) is 29.8 Å². The van der Waals surface area contributed by atoms with Crippen LogP contribution in [-0.2, 0) is 22.6 Å². The number of rotatable bonds is 5. The van der Waals surface area contributed by atoms with Gasteiger partial charge in [-0.1, -0.05) is 26.8 Å². The van der Waals surface area contributed by atoms with Crippen molar-refractivity contribution in [3.05, 3.63) is 41.2 Å². The Morgan fingerprint density at radius 1 is 1.22 bits per heavy atom. The molecule has 0 atom stereocenters. The summed E-state index contributed by atoms with van der Waals surface area (Å²) in [6.45, 7) is 5.89. The number of nitrogens with zero attached hydrogens (tertiary/aromatic N) is 2. The second-order valence-electron chi connectivity index (χ2n) is 6.12. The molecule has 0 radical (unpaired) electrons. The number of hydrogen-bond donors (Lipinski definition) is 2. The van der Waals surface area contributed by atoms with Gasteiger partial charge in [0.25, 0.3) is 0 Å². The maximum atomic E-state index is 11.9. The summed E-state index contributed by atoms with van der Waals surface area (Å²) < 4.78 is 0. The van der Waals surface area contributed by atoms with E-state index in [1.165, 1.54) is 11.3 Å². The molecule has 2 aromatic heterocycles. The summed E-state index contributed by atoms with van der Waals surface area (Å²) in [6.07, 6.45) is 1.86. The fourth-order valence-electron chi connectivity index (χ4n) is 1.65. The number of thiazole rings is 1. The molecular weight excluding hydrogens is 312 g/mol. The van der Waals surface area contributed by atoms with Crippen molar-refractivity contribution in [1.82, 2.24) is 15.3 Å². The second kappa shape index (κ2) is 7.32. The van der Waals surface area contributed by atoms with E-state index >= 15 is 0 Å². The van der Waals surface area contributed by atoms with Crippen molar-refractivity contribution >= 4 is 28.3 Å². The highest BCUT2D eigenvalue weighted by Crippen LogP contribution is 2.20. The van der Waals surface area contributed by atoms with Crippen molar-refractivity contribution in [3.63, 3.8) is 0 Å². The van der Waals surface area contributed by atoms with E-state index in [0.717, 1.165) is 5.69 Å². The fraction of sp³-hybridized carbons (Fsp3) is 0.375. The molecule has 2 heterocycles. The molecule has 2 amide bonds. The van der Waals surface area contributed by atoms with Crippen LogP contribution in [0.5, 0.6) is 0 Å². The highest BCUT2D eigenvalue weighted by molar-refractivity contribution is 7.13. The Kier molecular flexibility index (Phi) is 5.44. The summed E-state index contributed by atoms with van der Waals surface area (Å²) in [6, 6.07) is 5.55. The third-order valence-corrected chi connectivity index (χ3v) is 3.79. The van der Waals surface area contributed by atoms with Crippen LogP contribution >= 0.6 is 11.3 Å². The Balaban J connectivity index is 1.84. The van der Waals surface area contributed by atoms with Crippen molar-refractivity contribution in [2.45, 2.75) is 33.7 Å². The van der Waals surface area contributed by atoms with E-state index in [1.807, 2.05) is 39.0 Å². The van der Waals surface area contributed by atoms with Crippen LogP contribution in [0.2, 0.25) is 0 Å². The van der Waals surface area contributed by atoms with Crippen LogP contribution in [0.1, 0.15) is 32.2 Å². The highest BCUT2D eigenvalue weighted by Gasteiger charge is 2.22. The highest BCUT2D eigenvalue weighted by atomic mass is 32.1. The minimum absolute atomic E-state index is 0.0991. The number of amides is 2. The Morgan fingerprint density at radius 3 is 2.65 bits per heavy atom. The van der Waals surface area contributed by atoms with E-state index in [2.05, 4.69) is 20.6 Å². The van der Waals surface area contributed by atoms with Crippen molar-refractivity contribution in [1.29, 1.82) is 0 Å². The first kappa shape index (κ1) is 17.1. The zero-order chi connectivity index (χ0) is 16.9. The van der Waals surface area contributed by atoms with Gasteiger partial charge in [0, 0.05) is 17.0 Å². The molecule has 0 bridgehead atoms. The molecule has 2 aromatic rings. The lowest BCUT2D eigenvalue weighted by Crippen LogP contribution is -2.27. The number of anilines is 1. The molecule has 0 fully saturated rings. The normalized spacial score (nSPS) is 11.1. The van der Waals surface area contributed by atoms with Gasteiger partial charge >= 0.3 is 0 Å². The monoisotopic (exact) mass is 332 g/mol. The molecule has 0 unspecified atom stereocenters. The molecule has 0 spiro atoms. The van der Waals surface area contributed by atoms with Crippen LogP contribution in [0.4, 0.5) is 5.13 Å². The summed E-state index contributed by atoms with van der Waals surface area (Å²) in [5.41, 5.74) is 0.960. The lowest BCUT2D eigenvalue weighted by atomic mass is 9.96. The fourth-order valence-corrected chi connectivity index (χ4v) is 2.35. The lowest BCUT2D eigenvalue weighted by molar-refractivity contribution is -0.123. The maximum Gasteiger partial charge on any atom is 0.231 e. The van der Waals surface area contributed by atoms with Gasteiger partial charge in [-0.05, 0) is 12.1 Å². The first-order valence-corrected chi connectivity index (χ1v) is 8.15. The summed E-state index contributed by atoms with van der Waals surface area (Å²) in [4.78, 5) is 32.2. The largest absolute Gasteiger partial charge is 0.350 e. The molecule has 0 aliphatic heterocycles. The molecule has 7 heteroatoms. The molecule has 0 aliphatic carbocycles. The molecule has 2 rings (SSSR count). The van der Waals surface area contributed by atoms with Gasteiger partial charge in [-0.25, -0.2) is 4.98 Å². The number of carbonyl (C=O) groups excluding carboxylic acids is 2. The molecular formula is C16H20N4O2S. The first-order chi connectivity index (χ1) is 10.8. The predicted octanol–water partition coefficient (Wildman–Crippen LogP) is 2.38. The van der Waals surface area contributed by atoms with Gasteiger partial charge in [-0.15, -0.1) is 11.3 Å². The van der Waals surface area contributed by atoms with Crippen molar-refractivity contribution < 1.29 is 9.59 Å². The Morgan fingerprint density at radius 2 is 2.00 bits per heavy atom. The van der Waals surface area contributed by atoms with Crippen molar-refractivity contribution in [2.75, 3.05) is 5.32 Å². The zero-order valence-electron chi connectivity index (χ0n) is 13.4. The van der Waals surface area contributed by atoms with Crippen molar-refractivity contribution in [2.24, 2.45) is 5.41 Å². The molecule has 0 saturated carbocycles. The van der Waals surface area contributed by atoms with E-state index in [1.54, 1.807) is 11.6 Å². The lowest BCUT2D eigenvalue weighted by Gasteiger charge is -2.15. The third-order valence-electron chi connectivity index (χ3n) is 2.99. The van der Waals surface area contributed by atoms with Crippen LogP contribution in [0, 0.1) is 5.41 Å². The minimum Gasteiger partial charge on any atom is -0.350 e. The molecule has 0 saturated heterocycles. The van der Waals surface area contributed by atoms with Gasteiger partial charge in [0.05, 0.1) is 24.4 Å². The van der Waals surface area contributed by atoms with Crippen molar-refractivity contribution in [3.8, 4) is 0 Å². The van der Waals surface area contributed by atoms with Gasteiger partial charge < -0.3 is 10.6 Å². The smallest absolute Gasteiger partial charge is 0.231 e. The Bertz CT molecular complexity index is 677. The number of aromatic nitrogens is 2. The standard InChI is InChI=1S/C16H20N4O2S/c1-16(2,3)14(22)20-15-19-12(10-23-15)8-13(21)18-9-11-6-4-5-7-17-11/h4-7,10H,8-9H2,1-3H3,(H,18,21)(H,19,20,22). The topological polar surface area (TPSA) is 84.0 Å². The number of carbonyl (C=O) groups is 2. The van der Waals surface area contributed by atoms with Gasteiger partial charge in [-0.3, -0.25) is 14.6 Å². The zero-order valence-corrected chi connectivity index (χ0v) is 14.2. The van der Waals surface area contributed by atoms with E-state index in [4.69, 9.17) is 0 Å². The van der Waals surface area contributed by atoms with E-state index < -0.39 is 5.41 Å². The molecule has 0 aromatic carbocycles. The average molecular weight is 332 g/mol. The van der Waals surface area contributed by atoms with E-state index in [-0.39, 0.29) is 18.2 Å². The van der Waals surface area contributed by atoms with E-state index in [0.29, 0.717) is 17.4 Å². The van der Waals surface area contributed by atoms with Gasteiger partial charge in [0.1, 0.15) is 0 Å². The van der Waals surface area contributed by atoms with E-state index in [9.17, 15) is 9.59 Å². The molecule has 122 valence electrons. The van der Waals surface area contributed by atoms with Crippen LogP contribution < -0.4 is 10.6 Å². The maximum absolute atomic E-state index is 11.9. The summed E-state index contributed by atoms with van der Waals surface area (Å²) in [7, 11) is 0. The first-order valence-electron chi connectivity index (χ1n) is 7.27. The molecule has 2 N–H and O–H groups in total. The molecule has 23 heavy (non-hydrogen) atoms. The predicted molar refractivity (Wildman–Crippen MR) is 90.0 cm³/mol. The summed E-state index contributed by atoms with van der Waals surface area (Å²) >= 11 is 1.32. The molecule has 6 nitrogen and oxygen atoms in total. The van der Waals surface area contributed by atoms with Gasteiger partial charge in [-0.2, -0.15) is 0 Å². The number of hydrogen-bond acceptors (Lipinski definition) is 5. The number of pyridine rings is 1. The summed E-state index contributed by atoms with van der Waals surface area (Å²) in [5, 5.41) is 7.85. The molecule has 0 aliphatic rings. The number of nitrogens with one attached hydrogen (secondary N) is 2. The van der Waals surface area contributed by atoms with Crippen LogP contribution in [0.3, 0.4) is 0 Å². The average Bonchev–Trinajstić information content (AvgIpc) is 2.92. The Labute approximate surface area is 139 Å². The summed E-state index contributed by atoms with van der Waals surface area (Å²) in [5.74, 6) is -0.229. The third kappa shape index (κ3) is 5.45. The SMILES string of the molecule is CC(C)(C)C(=O)Nc1nc(CC(=O)NCc2ccccn2)cs1. The van der Waals surface area contributed by atoms with Crippen LogP contribution in [0.25, 0.3) is 0 Å². The second-order valence-corrected chi connectivity index (χ2v) is 6.98. The van der Waals surface area contributed by atoms with Gasteiger partial charge in [0.2, 0.25) is 11.8 Å². The quantitative estimate of drug-likeness (QED) is 0.880. The Hall–Kier alpha value is -2.28. The minimum atomic E-state index is -0.480.